The minimum Gasteiger partial charge on any atom is -0.491 e. The van der Waals surface area contributed by atoms with E-state index in [2.05, 4.69) is 5.32 Å². The zero-order valence-electron chi connectivity index (χ0n) is 21.8. The quantitative estimate of drug-likeness (QED) is 0.457. The van der Waals surface area contributed by atoms with Crippen molar-refractivity contribution in [1.82, 2.24) is 14.8 Å². The maximum atomic E-state index is 13.9. The van der Waals surface area contributed by atoms with E-state index >= 15 is 0 Å². The minimum absolute atomic E-state index is 0.0878. The van der Waals surface area contributed by atoms with Gasteiger partial charge in [0, 0.05) is 24.7 Å². The molecule has 1 fully saturated rings. The number of benzene rings is 1. The summed E-state index contributed by atoms with van der Waals surface area (Å²) in [5.74, 6) is 1.33. The van der Waals surface area contributed by atoms with Gasteiger partial charge in [-0.25, -0.2) is 0 Å². The summed E-state index contributed by atoms with van der Waals surface area (Å²) >= 11 is 0. The molecule has 2 aromatic heterocycles. The van der Waals surface area contributed by atoms with Crippen LogP contribution in [0.1, 0.15) is 81.1 Å². The van der Waals surface area contributed by atoms with Crippen LogP contribution in [0.4, 0.5) is 0 Å². The Hall–Kier alpha value is -3.22. The lowest BCUT2D eigenvalue weighted by Gasteiger charge is -2.44. The van der Waals surface area contributed by atoms with E-state index in [-0.39, 0.29) is 24.0 Å². The number of nitrogens with one attached hydrogen (secondary N) is 1. The van der Waals surface area contributed by atoms with Crippen molar-refractivity contribution in [3.8, 4) is 5.75 Å². The zero-order valence-corrected chi connectivity index (χ0v) is 21.8. The van der Waals surface area contributed by atoms with Crippen LogP contribution in [-0.4, -0.2) is 39.0 Å². The van der Waals surface area contributed by atoms with Gasteiger partial charge in [-0.2, -0.15) is 0 Å². The third-order valence-electron chi connectivity index (χ3n) is 7.55. The van der Waals surface area contributed by atoms with E-state index in [0.717, 1.165) is 48.3 Å². The van der Waals surface area contributed by atoms with Crippen LogP contribution in [0.3, 0.4) is 0 Å². The molecule has 1 atom stereocenters. The fourth-order valence-electron chi connectivity index (χ4n) is 5.60. The molecule has 3 heterocycles. The van der Waals surface area contributed by atoms with Gasteiger partial charge in [-0.15, -0.1) is 0 Å². The van der Waals surface area contributed by atoms with Gasteiger partial charge in [-0.1, -0.05) is 37.8 Å². The van der Waals surface area contributed by atoms with E-state index in [1.165, 1.54) is 12.8 Å². The molecule has 1 aromatic carbocycles. The average molecular weight is 492 g/mol. The van der Waals surface area contributed by atoms with Crippen LogP contribution in [0.25, 0.3) is 11.1 Å². The smallest absolute Gasteiger partial charge is 0.271 e. The van der Waals surface area contributed by atoms with Crippen molar-refractivity contribution >= 4 is 22.9 Å². The normalized spacial score (nSPS) is 21.0. The van der Waals surface area contributed by atoms with E-state index in [9.17, 15) is 9.59 Å². The summed E-state index contributed by atoms with van der Waals surface area (Å²) in [5, 5.41) is 3.32. The van der Waals surface area contributed by atoms with Gasteiger partial charge in [0.05, 0.1) is 18.2 Å². The molecule has 192 valence electrons. The molecule has 1 saturated carbocycles. The number of aryl methyl sites for hydroxylation is 1. The Balaban J connectivity index is 1.48. The van der Waals surface area contributed by atoms with Crippen LogP contribution < -0.4 is 10.1 Å². The summed E-state index contributed by atoms with van der Waals surface area (Å²) in [4.78, 5) is 29.6. The standard InChI is InChI=1S/C29H37N3O4/c1-19(2)35-23-13-11-21(12-14-23)17-32-27(33)25-16-26-24(15-20(3)36-26)31(25)18-29(32,4)28(34)30-22-9-7-5-6-8-10-22/h11-16,19,22H,5-10,17-18H2,1-4H3,(H,30,34)/t29-/m1/s1. The summed E-state index contributed by atoms with van der Waals surface area (Å²) in [6, 6.07) is 11.7. The van der Waals surface area contributed by atoms with Gasteiger partial charge in [-0.05, 0) is 58.2 Å². The zero-order chi connectivity index (χ0) is 25.4. The van der Waals surface area contributed by atoms with Crippen molar-refractivity contribution in [2.45, 2.75) is 97.0 Å². The van der Waals surface area contributed by atoms with Crippen molar-refractivity contribution in [3.05, 3.63) is 53.4 Å². The highest BCUT2D eigenvalue weighted by molar-refractivity contribution is 6.03. The fraction of sp³-hybridized carbons (Fsp3) is 0.517. The van der Waals surface area contributed by atoms with Crippen molar-refractivity contribution in [2.24, 2.45) is 0 Å². The molecule has 0 radical (unpaired) electrons. The molecular formula is C29H37N3O4. The number of nitrogens with zero attached hydrogens (tertiary/aromatic N) is 2. The van der Waals surface area contributed by atoms with Crippen LogP contribution in [-0.2, 0) is 17.9 Å². The van der Waals surface area contributed by atoms with E-state index < -0.39 is 5.54 Å². The van der Waals surface area contributed by atoms with Crippen molar-refractivity contribution < 1.29 is 18.7 Å². The number of rotatable bonds is 6. The van der Waals surface area contributed by atoms with E-state index in [4.69, 9.17) is 9.15 Å². The maximum Gasteiger partial charge on any atom is 0.271 e. The third kappa shape index (κ3) is 4.63. The first-order valence-corrected chi connectivity index (χ1v) is 13.2. The molecule has 5 rings (SSSR count). The van der Waals surface area contributed by atoms with Gasteiger partial charge in [0.1, 0.15) is 22.7 Å². The molecule has 7 heteroatoms. The van der Waals surface area contributed by atoms with Gasteiger partial charge in [-0.3, -0.25) is 9.59 Å². The van der Waals surface area contributed by atoms with Gasteiger partial charge in [0.15, 0.2) is 5.58 Å². The molecule has 0 spiro atoms. The Morgan fingerprint density at radius 1 is 1.14 bits per heavy atom. The number of fused-ring (bicyclic) bond motifs is 3. The molecular weight excluding hydrogens is 454 g/mol. The monoisotopic (exact) mass is 491 g/mol. The summed E-state index contributed by atoms with van der Waals surface area (Å²) < 4.78 is 13.6. The predicted octanol–water partition coefficient (Wildman–Crippen LogP) is 5.58. The Bertz CT molecular complexity index is 1250. The lowest BCUT2D eigenvalue weighted by Crippen LogP contribution is -2.64. The highest BCUT2D eigenvalue weighted by Crippen LogP contribution is 2.35. The number of hydrogen-bond acceptors (Lipinski definition) is 4. The molecule has 0 bridgehead atoms. The largest absolute Gasteiger partial charge is 0.491 e. The van der Waals surface area contributed by atoms with E-state index in [1.54, 1.807) is 11.0 Å². The van der Waals surface area contributed by atoms with Gasteiger partial charge < -0.3 is 23.9 Å². The van der Waals surface area contributed by atoms with Gasteiger partial charge >= 0.3 is 0 Å². The molecule has 1 aliphatic carbocycles. The van der Waals surface area contributed by atoms with Gasteiger partial charge in [0.25, 0.3) is 5.91 Å². The summed E-state index contributed by atoms with van der Waals surface area (Å²) in [6.07, 6.45) is 6.77. The third-order valence-corrected chi connectivity index (χ3v) is 7.55. The SMILES string of the molecule is Cc1cc2c(cc3n2C[C@](C)(C(=O)NC2CCCCCC2)N(Cc2ccc(OC(C)C)cc2)C3=O)o1. The highest BCUT2D eigenvalue weighted by atomic mass is 16.5. The van der Waals surface area contributed by atoms with Gasteiger partial charge in [0.2, 0.25) is 5.91 Å². The number of ether oxygens (including phenoxy) is 1. The molecule has 3 aromatic rings. The number of hydrogen-bond donors (Lipinski definition) is 1. The second kappa shape index (κ2) is 9.68. The molecule has 1 N–H and O–H groups in total. The Morgan fingerprint density at radius 2 is 1.83 bits per heavy atom. The summed E-state index contributed by atoms with van der Waals surface area (Å²) in [6.45, 7) is 8.49. The number of aromatic nitrogens is 1. The highest BCUT2D eigenvalue weighted by Gasteiger charge is 2.48. The van der Waals surface area contributed by atoms with Crippen molar-refractivity contribution in [2.75, 3.05) is 0 Å². The molecule has 2 aliphatic rings. The molecule has 7 nitrogen and oxygen atoms in total. The van der Waals surface area contributed by atoms with E-state index in [0.29, 0.717) is 24.4 Å². The van der Waals surface area contributed by atoms with Crippen LogP contribution in [0, 0.1) is 6.92 Å². The minimum atomic E-state index is -1.04. The maximum absolute atomic E-state index is 13.9. The topological polar surface area (TPSA) is 76.7 Å². The molecule has 2 amide bonds. The second-order valence-corrected chi connectivity index (χ2v) is 10.9. The lowest BCUT2D eigenvalue weighted by molar-refractivity contribution is -0.134. The lowest BCUT2D eigenvalue weighted by atomic mass is 9.93. The molecule has 0 unspecified atom stereocenters. The number of furan rings is 1. The average Bonchev–Trinajstić information content (AvgIpc) is 3.22. The first-order valence-electron chi connectivity index (χ1n) is 13.2. The van der Waals surface area contributed by atoms with Crippen LogP contribution in [0.2, 0.25) is 0 Å². The molecule has 1 aliphatic heterocycles. The van der Waals surface area contributed by atoms with Crippen molar-refractivity contribution in [3.63, 3.8) is 0 Å². The molecule has 36 heavy (non-hydrogen) atoms. The Morgan fingerprint density at radius 3 is 2.50 bits per heavy atom. The Labute approximate surface area is 212 Å². The van der Waals surface area contributed by atoms with Crippen LogP contribution >= 0.6 is 0 Å². The first kappa shape index (κ1) is 24.5. The van der Waals surface area contributed by atoms with E-state index in [1.807, 2.05) is 62.6 Å². The van der Waals surface area contributed by atoms with Crippen LogP contribution in [0.5, 0.6) is 5.75 Å². The summed E-state index contributed by atoms with van der Waals surface area (Å²) in [7, 11) is 0. The number of carbonyl (C=O) groups excluding carboxylic acids is 2. The fourth-order valence-corrected chi connectivity index (χ4v) is 5.60. The predicted molar refractivity (Wildman–Crippen MR) is 139 cm³/mol. The van der Waals surface area contributed by atoms with Crippen molar-refractivity contribution in [1.29, 1.82) is 0 Å². The number of carbonyl (C=O) groups is 2. The second-order valence-electron chi connectivity index (χ2n) is 10.9. The summed E-state index contributed by atoms with van der Waals surface area (Å²) in [5.41, 5.74) is 2.01. The Kier molecular flexibility index (Phi) is 6.58. The molecule has 0 saturated heterocycles. The van der Waals surface area contributed by atoms with Crippen LogP contribution in [0.15, 0.2) is 40.8 Å². The first-order chi connectivity index (χ1) is 17.2. The number of amides is 2.